The molecule has 1 aliphatic rings. The zero-order valence-corrected chi connectivity index (χ0v) is 15.4. The van der Waals surface area contributed by atoms with E-state index >= 15 is 0 Å². The summed E-state index contributed by atoms with van der Waals surface area (Å²) >= 11 is 1.71. The molecule has 0 aliphatic carbocycles. The molecule has 4 rings (SSSR count). The van der Waals surface area contributed by atoms with Crippen molar-refractivity contribution in [2.75, 3.05) is 11.1 Å². The second-order valence-corrected chi connectivity index (χ2v) is 7.30. The van der Waals surface area contributed by atoms with Gasteiger partial charge in [0.2, 0.25) is 0 Å². The number of nitrogens with one attached hydrogen (secondary N) is 1. The van der Waals surface area contributed by atoms with Crippen molar-refractivity contribution in [3.05, 3.63) is 35.5 Å². The molecule has 1 N–H and O–H groups in total. The van der Waals surface area contributed by atoms with Gasteiger partial charge in [0.1, 0.15) is 11.3 Å². The fourth-order valence-corrected chi connectivity index (χ4v) is 3.91. The lowest BCUT2D eigenvalue weighted by Gasteiger charge is -2.11. The number of rotatable bonds is 2. The smallest absolute Gasteiger partial charge is 0.162 e. The molecule has 1 atom stereocenters. The predicted octanol–water partition coefficient (Wildman–Crippen LogP) is 4.11. The Morgan fingerprint density at radius 2 is 2.08 bits per heavy atom. The monoisotopic (exact) mass is 353 g/mol. The summed E-state index contributed by atoms with van der Waals surface area (Å²) in [6.45, 7) is 7.95. The van der Waals surface area contributed by atoms with Crippen LogP contribution in [0.3, 0.4) is 0 Å². The van der Waals surface area contributed by atoms with E-state index in [4.69, 9.17) is 9.51 Å². The van der Waals surface area contributed by atoms with Crippen molar-refractivity contribution < 1.29 is 4.52 Å². The van der Waals surface area contributed by atoms with Gasteiger partial charge in [0.05, 0.1) is 11.7 Å². The second-order valence-electron chi connectivity index (χ2n) is 6.29. The standard InChI is InChI=1S/C18H19N5OS/c1-9-5-6-13-14(15-11(3)23-24-12(15)4)7-19-17(16(13)20-9)22-18-21-10(2)8-25-18/h5-7,10H,8H2,1-4H3,(H,19,21,22). The second kappa shape index (κ2) is 6.15. The number of aryl methyl sites for hydroxylation is 3. The van der Waals surface area contributed by atoms with Crippen molar-refractivity contribution in [3.8, 4) is 11.1 Å². The van der Waals surface area contributed by atoms with Crippen molar-refractivity contribution in [3.63, 3.8) is 0 Å². The molecule has 6 nitrogen and oxygen atoms in total. The summed E-state index contributed by atoms with van der Waals surface area (Å²) in [6.07, 6.45) is 1.86. The Hall–Kier alpha value is -2.41. The van der Waals surface area contributed by atoms with Gasteiger partial charge in [-0.05, 0) is 33.8 Å². The number of nitrogens with zero attached hydrogens (tertiary/aromatic N) is 4. The molecule has 4 heterocycles. The number of aliphatic imine (C=N–C) groups is 1. The summed E-state index contributed by atoms with van der Waals surface area (Å²) in [4.78, 5) is 14.0. The van der Waals surface area contributed by atoms with Crippen molar-refractivity contribution >= 4 is 33.7 Å². The van der Waals surface area contributed by atoms with Crippen LogP contribution < -0.4 is 5.32 Å². The van der Waals surface area contributed by atoms with Crippen LogP contribution in [0, 0.1) is 20.8 Å². The quantitative estimate of drug-likeness (QED) is 0.747. The summed E-state index contributed by atoms with van der Waals surface area (Å²) < 4.78 is 5.34. The maximum Gasteiger partial charge on any atom is 0.162 e. The number of hydrogen-bond acceptors (Lipinski definition) is 7. The number of aromatic nitrogens is 3. The lowest BCUT2D eigenvalue weighted by atomic mass is 10.0. The first kappa shape index (κ1) is 16.1. The number of amidine groups is 1. The Labute approximate surface area is 150 Å². The number of hydrogen-bond donors (Lipinski definition) is 1. The van der Waals surface area contributed by atoms with Crippen LogP contribution >= 0.6 is 11.8 Å². The third-order valence-corrected chi connectivity index (χ3v) is 5.33. The molecule has 25 heavy (non-hydrogen) atoms. The lowest BCUT2D eigenvalue weighted by molar-refractivity contribution is 0.393. The van der Waals surface area contributed by atoms with E-state index in [1.54, 1.807) is 11.8 Å². The van der Waals surface area contributed by atoms with E-state index in [0.717, 1.165) is 55.9 Å². The van der Waals surface area contributed by atoms with Gasteiger partial charge >= 0.3 is 0 Å². The molecule has 0 bridgehead atoms. The van der Waals surface area contributed by atoms with E-state index in [9.17, 15) is 0 Å². The Balaban J connectivity index is 1.88. The van der Waals surface area contributed by atoms with E-state index in [1.165, 1.54) is 0 Å². The molecule has 3 aromatic rings. The largest absolute Gasteiger partial charge is 0.361 e. The van der Waals surface area contributed by atoms with Crippen LogP contribution in [-0.2, 0) is 0 Å². The van der Waals surface area contributed by atoms with Crippen LogP contribution in [0.25, 0.3) is 22.0 Å². The molecule has 7 heteroatoms. The van der Waals surface area contributed by atoms with Crippen LogP contribution in [-0.4, -0.2) is 32.1 Å². The third-order valence-electron chi connectivity index (χ3n) is 4.20. The first-order chi connectivity index (χ1) is 12.0. The van der Waals surface area contributed by atoms with Crippen molar-refractivity contribution in [1.29, 1.82) is 0 Å². The van der Waals surface area contributed by atoms with Crippen molar-refractivity contribution in [2.24, 2.45) is 4.99 Å². The Bertz CT molecular complexity index is 975. The van der Waals surface area contributed by atoms with Crippen LogP contribution in [0.4, 0.5) is 5.82 Å². The predicted molar refractivity (Wildman–Crippen MR) is 102 cm³/mol. The van der Waals surface area contributed by atoms with Gasteiger partial charge in [0.25, 0.3) is 0 Å². The number of fused-ring (bicyclic) bond motifs is 1. The first-order valence-electron chi connectivity index (χ1n) is 8.20. The molecule has 1 aliphatic heterocycles. The van der Waals surface area contributed by atoms with Gasteiger partial charge < -0.3 is 9.84 Å². The summed E-state index contributed by atoms with van der Waals surface area (Å²) in [5.41, 5.74) is 4.60. The van der Waals surface area contributed by atoms with Gasteiger partial charge in [-0.2, -0.15) is 0 Å². The van der Waals surface area contributed by atoms with E-state index < -0.39 is 0 Å². The van der Waals surface area contributed by atoms with Crippen molar-refractivity contribution in [1.82, 2.24) is 15.1 Å². The molecule has 0 saturated carbocycles. The average Bonchev–Trinajstić information content (AvgIpc) is 3.14. The molecular weight excluding hydrogens is 334 g/mol. The summed E-state index contributed by atoms with van der Waals surface area (Å²) in [5, 5.41) is 9.33. The Morgan fingerprint density at radius 1 is 1.24 bits per heavy atom. The molecule has 0 radical (unpaired) electrons. The zero-order valence-electron chi connectivity index (χ0n) is 14.6. The number of pyridine rings is 2. The van der Waals surface area contributed by atoms with Crippen LogP contribution in [0.15, 0.2) is 27.8 Å². The Morgan fingerprint density at radius 3 is 2.76 bits per heavy atom. The first-order valence-corrected chi connectivity index (χ1v) is 9.18. The molecule has 0 fully saturated rings. The van der Waals surface area contributed by atoms with Gasteiger partial charge in [0.15, 0.2) is 11.0 Å². The summed E-state index contributed by atoms with van der Waals surface area (Å²) in [6, 6.07) is 4.42. The summed E-state index contributed by atoms with van der Waals surface area (Å²) in [7, 11) is 0. The van der Waals surface area contributed by atoms with E-state index in [2.05, 4.69) is 33.4 Å². The molecular formula is C18H19N5OS. The maximum atomic E-state index is 5.34. The van der Waals surface area contributed by atoms with Gasteiger partial charge in [-0.15, -0.1) is 0 Å². The third kappa shape index (κ3) is 2.89. The fourth-order valence-electron chi connectivity index (χ4n) is 3.02. The number of thioether (sulfide) groups is 1. The SMILES string of the molecule is Cc1ccc2c(-c3c(C)noc3C)cnc(NC3=NC(C)CS3)c2n1. The molecule has 128 valence electrons. The van der Waals surface area contributed by atoms with Crippen molar-refractivity contribution in [2.45, 2.75) is 33.7 Å². The topological polar surface area (TPSA) is 76.2 Å². The van der Waals surface area contributed by atoms with Crippen LogP contribution in [0.2, 0.25) is 0 Å². The minimum absolute atomic E-state index is 0.329. The molecule has 0 spiro atoms. The minimum Gasteiger partial charge on any atom is -0.361 e. The highest BCUT2D eigenvalue weighted by molar-refractivity contribution is 8.14. The fraction of sp³-hybridized carbons (Fsp3) is 0.333. The van der Waals surface area contributed by atoms with Gasteiger partial charge in [-0.25, -0.2) is 9.97 Å². The highest BCUT2D eigenvalue weighted by atomic mass is 32.2. The van der Waals surface area contributed by atoms with E-state index in [-0.39, 0.29) is 0 Å². The molecule has 0 aromatic carbocycles. The van der Waals surface area contributed by atoms with Crippen LogP contribution in [0.1, 0.15) is 24.1 Å². The lowest BCUT2D eigenvalue weighted by Crippen LogP contribution is -2.08. The van der Waals surface area contributed by atoms with E-state index in [1.807, 2.05) is 33.0 Å². The Kier molecular flexibility index (Phi) is 3.95. The zero-order chi connectivity index (χ0) is 17.6. The molecule has 0 saturated heterocycles. The highest BCUT2D eigenvalue weighted by Crippen LogP contribution is 2.35. The summed E-state index contributed by atoms with van der Waals surface area (Å²) in [5.74, 6) is 2.50. The van der Waals surface area contributed by atoms with Gasteiger partial charge in [-0.3, -0.25) is 4.99 Å². The molecule has 1 unspecified atom stereocenters. The van der Waals surface area contributed by atoms with Gasteiger partial charge in [-0.1, -0.05) is 23.0 Å². The van der Waals surface area contributed by atoms with Crippen LogP contribution in [0.5, 0.6) is 0 Å². The maximum absolute atomic E-state index is 5.34. The molecule has 0 amide bonds. The minimum atomic E-state index is 0.329. The number of anilines is 1. The highest BCUT2D eigenvalue weighted by Gasteiger charge is 2.20. The average molecular weight is 353 g/mol. The molecule has 3 aromatic heterocycles. The normalized spacial score (nSPS) is 17.1. The van der Waals surface area contributed by atoms with Gasteiger partial charge in [0, 0.05) is 34.2 Å². The van der Waals surface area contributed by atoms with E-state index in [0.29, 0.717) is 6.04 Å².